The van der Waals surface area contributed by atoms with Crippen LogP contribution in [0.15, 0.2) is 42.5 Å². The Morgan fingerprint density at radius 2 is 1.86 bits per heavy atom. The minimum Gasteiger partial charge on any atom is -0.492 e. The molecule has 2 aromatic carbocycles. The van der Waals surface area contributed by atoms with E-state index < -0.39 is 20.0 Å². The number of piperidine rings is 1. The molecular formula is C26H29N3O5S. The third kappa shape index (κ3) is 3.90. The SMILES string of the molecule is C[C@@H](COc1ccc(C2(S(C)(=O)=O)COC2)cc1)N1CCC2(CC1)C(=O)Nc1ccc(C#N)cc12. The number of rotatable bonds is 6. The second-order valence-electron chi connectivity index (χ2n) is 9.89. The predicted octanol–water partition coefficient (Wildman–Crippen LogP) is 2.58. The Bertz CT molecular complexity index is 1290. The fourth-order valence-corrected chi connectivity index (χ4v) is 6.54. The molecule has 0 saturated carbocycles. The van der Waals surface area contributed by atoms with E-state index in [2.05, 4.69) is 23.2 Å². The number of hydrogen-bond acceptors (Lipinski definition) is 7. The molecule has 1 amide bonds. The maximum absolute atomic E-state index is 12.9. The Kier molecular flexibility index (Phi) is 5.86. The van der Waals surface area contributed by atoms with E-state index in [0.29, 0.717) is 30.8 Å². The molecule has 5 rings (SSSR count). The van der Waals surface area contributed by atoms with Gasteiger partial charge in [0.1, 0.15) is 17.1 Å². The van der Waals surface area contributed by atoms with Gasteiger partial charge in [0.2, 0.25) is 5.91 Å². The van der Waals surface area contributed by atoms with E-state index in [-0.39, 0.29) is 25.2 Å². The standard InChI is InChI=1S/C26H29N3O5S/c1-18(15-34-21-6-4-20(5-7-21)26(16-33-17-26)35(2,31)32)29-11-9-25(10-12-29)22-13-19(14-27)3-8-23(22)28-24(25)30/h3-8,13,18H,9-12,15-17H2,1-2H3,(H,28,30)/t18-/m0/s1. The minimum atomic E-state index is -3.29. The van der Waals surface area contributed by atoms with Crippen molar-refractivity contribution in [1.82, 2.24) is 4.90 Å². The molecule has 2 fully saturated rings. The molecule has 2 aromatic rings. The number of fused-ring (bicyclic) bond motifs is 2. The number of benzene rings is 2. The zero-order valence-electron chi connectivity index (χ0n) is 19.9. The number of nitriles is 1. The van der Waals surface area contributed by atoms with Crippen molar-refractivity contribution in [3.63, 3.8) is 0 Å². The first kappa shape index (κ1) is 23.8. The lowest BCUT2D eigenvalue weighted by atomic mass is 9.73. The number of ether oxygens (including phenoxy) is 2. The van der Waals surface area contributed by atoms with Crippen molar-refractivity contribution in [2.24, 2.45) is 0 Å². The average Bonchev–Trinajstić information content (AvgIpc) is 3.07. The Hall–Kier alpha value is -2.93. The molecule has 0 unspecified atom stereocenters. The van der Waals surface area contributed by atoms with Gasteiger partial charge in [-0.2, -0.15) is 5.26 Å². The largest absolute Gasteiger partial charge is 0.492 e. The number of anilines is 1. The molecule has 3 aliphatic rings. The number of carbonyl (C=O) groups excluding carboxylic acids is 1. The summed E-state index contributed by atoms with van der Waals surface area (Å²) in [5, 5.41) is 12.3. The first-order chi connectivity index (χ1) is 16.7. The molecule has 1 spiro atoms. The molecular weight excluding hydrogens is 466 g/mol. The molecule has 1 N–H and O–H groups in total. The summed E-state index contributed by atoms with van der Waals surface area (Å²) in [6.07, 6.45) is 2.63. The summed E-state index contributed by atoms with van der Waals surface area (Å²) in [5.41, 5.74) is 2.47. The van der Waals surface area contributed by atoms with Gasteiger partial charge in [-0.3, -0.25) is 9.69 Å². The highest BCUT2D eigenvalue weighted by molar-refractivity contribution is 7.91. The summed E-state index contributed by atoms with van der Waals surface area (Å²) in [6.45, 7) is 4.45. The molecule has 0 aliphatic carbocycles. The van der Waals surface area contributed by atoms with Crippen molar-refractivity contribution in [3.8, 4) is 11.8 Å². The second kappa shape index (κ2) is 8.63. The number of nitrogens with zero attached hydrogens (tertiary/aromatic N) is 2. The number of likely N-dealkylation sites (tertiary alicyclic amines) is 1. The van der Waals surface area contributed by atoms with Crippen LogP contribution in [-0.2, 0) is 29.5 Å². The maximum Gasteiger partial charge on any atom is 0.235 e. The summed E-state index contributed by atoms with van der Waals surface area (Å²) < 4.78 is 34.8. The smallest absolute Gasteiger partial charge is 0.235 e. The van der Waals surface area contributed by atoms with Crippen LogP contribution in [0.3, 0.4) is 0 Å². The minimum absolute atomic E-state index is 0.0231. The zero-order valence-corrected chi connectivity index (χ0v) is 20.7. The van der Waals surface area contributed by atoms with Crippen molar-refractivity contribution in [3.05, 3.63) is 59.2 Å². The summed E-state index contributed by atoms with van der Waals surface area (Å²) in [7, 11) is -3.29. The van der Waals surface area contributed by atoms with Gasteiger partial charge in [-0.25, -0.2) is 8.42 Å². The highest BCUT2D eigenvalue weighted by Crippen LogP contribution is 2.45. The van der Waals surface area contributed by atoms with Crippen molar-refractivity contribution in [1.29, 1.82) is 5.26 Å². The second-order valence-corrected chi connectivity index (χ2v) is 12.2. The molecule has 0 aromatic heterocycles. The van der Waals surface area contributed by atoms with Gasteiger partial charge < -0.3 is 14.8 Å². The van der Waals surface area contributed by atoms with Crippen molar-refractivity contribution in [2.45, 2.75) is 36.0 Å². The Morgan fingerprint density at radius 3 is 2.43 bits per heavy atom. The monoisotopic (exact) mass is 495 g/mol. The highest BCUT2D eigenvalue weighted by atomic mass is 32.2. The quantitative estimate of drug-likeness (QED) is 0.656. The van der Waals surface area contributed by atoms with Crippen LogP contribution in [-0.4, -0.2) is 64.4 Å². The Balaban J connectivity index is 1.20. The van der Waals surface area contributed by atoms with Crippen molar-refractivity contribution in [2.75, 3.05) is 44.5 Å². The molecule has 3 aliphatic heterocycles. The van der Waals surface area contributed by atoms with Crippen LogP contribution in [0, 0.1) is 11.3 Å². The van der Waals surface area contributed by atoms with Crippen LogP contribution in [0.2, 0.25) is 0 Å². The van der Waals surface area contributed by atoms with Crippen molar-refractivity contribution >= 4 is 21.4 Å². The van der Waals surface area contributed by atoms with E-state index in [0.717, 1.165) is 29.9 Å². The molecule has 1 atom stereocenters. The van der Waals surface area contributed by atoms with Gasteiger partial charge in [0.25, 0.3) is 0 Å². The molecule has 184 valence electrons. The lowest BCUT2D eigenvalue weighted by molar-refractivity contribution is -0.122. The topological polar surface area (TPSA) is 109 Å². The van der Waals surface area contributed by atoms with Gasteiger partial charge in [0, 0.05) is 18.0 Å². The van der Waals surface area contributed by atoms with E-state index in [9.17, 15) is 18.5 Å². The lowest BCUT2D eigenvalue weighted by Gasteiger charge is -2.40. The summed E-state index contributed by atoms with van der Waals surface area (Å²) >= 11 is 0. The van der Waals surface area contributed by atoms with Crippen LogP contribution in [0.5, 0.6) is 5.75 Å². The third-order valence-corrected chi connectivity index (χ3v) is 9.76. The highest BCUT2D eigenvalue weighted by Gasteiger charge is 2.50. The van der Waals surface area contributed by atoms with Gasteiger partial charge >= 0.3 is 0 Å². The van der Waals surface area contributed by atoms with Crippen molar-refractivity contribution < 1.29 is 22.7 Å². The normalized spacial score (nSPS) is 21.5. The van der Waals surface area contributed by atoms with Gasteiger partial charge in [-0.15, -0.1) is 0 Å². The van der Waals surface area contributed by atoms with Crippen LogP contribution in [0.4, 0.5) is 5.69 Å². The lowest BCUT2D eigenvalue weighted by Crippen LogP contribution is -2.52. The molecule has 2 saturated heterocycles. The fraction of sp³-hybridized carbons (Fsp3) is 0.462. The van der Waals surface area contributed by atoms with Gasteiger partial charge in [0.15, 0.2) is 9.84 Å². The molecule has 0 radical (unpaired) electrons. The third-order valence-electron chi connectivity index (χ3n) is 7.87. The molecule has 3 heterocycles. The number of carbonyl (C=O) groups is 1. The first-order valence-corrected chi connectivity index (χ1v) is 13.7. The molecule has 35 heavy (non-hydrogen) atoms. The molecule has 9 heteroatoms. The summed E-state index contributed by atoms with van der Waals surface area (Å²) in [4.78, 5) is 15.2. The summed E-state index contributed by atoms with van der Waals surface area (Å²) in [6, 6.07) is 15.0. The van der Waals surface area contributed by atoms with Gasteiger partial charge in [-0.05, 0) is 74.3 Å². The number of hydrogen-bond donors (Lipinski definition) is 1. The number of amides is 1. The molecule has 8 nitrogen and oxygen atoms in total. The van der Waals surface area contributed by atoms with Crippen LogP contribution in [0.25, 0.3) is 0 Å². The van der Waals surface area contributed by atoms with Gasteiger partial charge in [0.05, 0.1) is 30.3 Å². The maximum atomic E-state index is 12.9. The van der Waals surface area contributed by atoms with E-state index in [4.69, 9.17) is 9.47 Å². The zero-order chi connectivity index (χ0) is 24.8. The number of nitrogens with one attached hydrogen (secondary N) is 1. The first-order valence-electron chi connectivity index (χ1n) is 11.8. The summed E-state index contributed by atoms with van der Waals surface area (Å²) in [5.74, 6) is 0.709. The van der Waals surface area contributed by atoms with Crippen LogP contribution in [0.1, 0.15) is 36.5 Å². The fourth-order valence-electron chi connectivity index (χ4n) is 5.39. The van der Waals surface area contributed by atoms with Gasteiger partial charge in [-0.1, -0.05) is 12.1 Å². The Labute approximate surface area is 205 Å². The van der Waals surface area contributed by atoms with Crippen LogP contribution >= 0.6 is 0 Å². The molecule has 0 bridgehead atoms. The predicted molar refractivity (Wildman–Crippen MR) is 131 cm³/mol. The van der Waals surface area contributed by atoms with E-state index in [1.165, 1.54) is 6.26 Å². The van der Waals surface area contributed by atoms with E-state index >= 15 is 0 Å². The average molecular weight is 496 g/mol. The van der Waals surface area contributed by atoms with E-state index in [1.54, 1.807) is 18.2 Å². The van der Waals surface area contributed by atoms with Crippen LogP contribution < -0.4 is 10.1 Å². The van der Waals surface area contributed by atoms with E-state index in [1.807, 2.05) is 24.3 Å². The Morgan fingerprint density at radius 1 is 1.17 bits per heavy atom. The number of sulfone groups is 1.